The normalized spacial score (nSPS) is 26.1. The fourth-order valence-corrected chi connectivity index (χ4v) is 5.60. The number of halogens is 3. The van der Waals surface area contributed by atoms with Crippen molar-refractivity contribution in [2.45, 2.75) is 55.3 Å². The molecule has 0 spiro atoms. The van der Waals surface area contributed by atoms with Crippen molar-refractivity contribution >= 4 is 73.7 Å². The molecule has 1 rings (SSSR count). The molecule has 0 aromatic carbocycles. The molecule has 1 aliphatic rings. The number of carbonyl (C=O) groups excluding carboxylic acids is 1. The molecule has 0 bridgehead atoms. The van der Waals surface area contributed by atoms with Crippen LogP contribution in [-0.4, -0.2) is 9.39 Å². The molecule has 0 saturated carbocycles. The van der Waals surface area contributed by atoms with Gasteiger partial charge >= 0.3 is 0 Å². The summed E-state index contributed by atoms with van der Waals surface area (Å²) in [6.07, 6.45) is 12.2. The third-order valence-corrected chi connectivity index (χ3v) is 8.40. The maximum atomic E-state index is 11.4. The van der Waals surface area contributed by atoms with E-state index in [4.69, 9.17) is 0 Å². The number of hydrogen-bond donors (Lipinski definition) is 0. The average Bonchev–Trinajstić information content (AvgIpc) is 2.38. The Hall–Kier alpha value is 1.14. The van der Waals surface area contributed by atoms with Gasteiger partial charge in [0.15, 0.2) is 0 Å². The summed E-state index contributed by atoms with van der Waals surface area (Å²) in [6, 6.07) is 0. The fraction of sp³-hybridized carbons (Fsp3) is 0.667. The lowest BCUT2D eigenvalue weighted by Crippen LogP contribution is -2.44. The van der Waals surface area contributed by atoms with Crippen LogP contribution in [0, 0.1) is 5.92 Å². The van der Waals surface area contributed by atoms with Crippen LogP contribution in [0.5, 0.6) is 0 Å². The van der Waals surface area contributed by atoms with Gasteiger partial charge in [0.2, 0.25) is 0 Å². The Morgan fingerprint density at radius 1 is 1.25 bits per heavy atom. The molecule has 0 heterocycles. The molecule has 1 aliphatic carbocycles. The van der Waals surface area contributed by atoms with Crippen LogP contribution in [-0.2, 0) is 4.79 Å². The van der Waals surface area contributed by atoms with Gasteiger partial charge < -0.3 is 9.90 Å². The van der Waals surface area contributed by atoms with Gasteiger partial charge in [0.25, 0.3) is 0 Å². The third-order valence-electron chi connectivity index (χ3n) is 3.63. The largest absolute Gasteiger partial charge is 0.549 e. The van der Waals surface area contributed by atoms with Crippen LogP contribution in [0.2, 0.25) is 0 Å². The second kappa shape index (κ2) is 9.32. The van der Waals surface area contributed by atoms with Gasteiger partial charge in [-0.05, 0) is 57.7 Å². The van der Waals surface area contributed by atoms with Crippen LogP contribution in [0.25, 0.3) is 0 Å². The van der Waals surface area contributed by atoms with Gasteiger partial charge in [-0.2, -0.15) is 0 Å². The summed E-state index contributed by atoms with van der Waals surface area (Å²) in [5.41, 5.74) is 0. The van der Waals surface area contributed by atoms with Gasteiger partial charge in [0.1, 0.15) is 0 Å². The van der Waals surface area contributed by atoms with E-state index in [9.17, 15) is 9.90 Å². The van der Waals surface area contributed by atoms with Gasteiger partial charge in [-0.1, -0.05) is 74.1 Å². The maximum absolute atomic E-state index is 11.4. The number of carboxylic acid groups (broad SMARTS) is 1. The molecule has 20 heavy (non-hydrogen) atoms. The molecule has 2 atom stereocenters. The van der Waals surface area contributed by atoms with Gasteiger partial charge in [0.05, 0.1) is 9.39 Å². The summed E-state index contributed by atoms with van der Waals surface area (Å²) in [7, 11) is 0. The molecular formula is C15H20I3O2-. The maximum Gasteiger partial charge on any atom is 0.0643 e. The zero-order valence-electron chi connectivity index (χ0n) is 11.6. The Morgan fingerprint density at radius 2 is 1.85 bits per heavy atom. The number of alkyl halides is 1. The lowest BCUT2D eigenvalue weighted by Gasteiger charge is -2.38. The molecule has 5 heteroatoms. The van der Waals surface area contributed by atoms with Crippen molar-refractivity contribution < 1.29 is 9.90 Å². The van der Waals surface area contributed by atoms with Crippen LogP contribution >= 0.6 is 67.8 Å². The SMILES string of the molecule is CCCCCCCCC1(I)C(I)=CC(I)=CC1C(=O)[O-]. The summed E-state index contributed by atoms with van der Waals surface area (Å²) < 4.78 is 1.80. The predicted octanol–water partition coefficient (Wildman–Crippen LogP) is 4.93. The molecule has 0 radical (unpaired) electrons. The van der Waals surface area contributed by atoms with Crippen molar-refractivity contribution in [3.8, 4) is 0 Å². The highest BCUT2D eigenvalue weighted by Gasteiger charge is 2.40. The second-order valence-electron chi connectivity index (χ2n) is 5.22. The minimum atomic E-state index is -0.957. The number of aliphatic carboxylic acids is 1. The highest BCUT2D eigenvalue weighted by molar-refractivity contribution is 14.1. The monoisotopic (exact) mass is 613 g/mol. The molecule has 0 aliphatic heterocycles. The number of hydrogen-bond acceptors (Lipinski definition) is 2. The molecule has 2 unspecified atom stereocenters. The first kappa shape index (κ1) is 19.2. The van der Waals surface area contributed by atoms with Crippen molar-refractivity contribution in [1.29, 1.82) is 0 Å². The van der Waals surface area contributed by atoms with Gasteiger partial charge in [-0.25, -0.2) is 0 Å². The fourth-order valence-electron chi connectivity index (χ4n) is 2.42. The number of unbranched alkanes of at least 4 members (excludes halogenated alkanes) is 5. The Kier molecular flexibility index (Phi) is 8.94. The molecule has 2 nitrogen and oxygen atoms in total. The molecule has 0 fully saturated rings. The first-order chi connectivity index (χ1) is 9.41. The van der Waals surface area contributed by atoms with Crippen LogP contribution in [0.15, 0.2) is 19.3 Å². The van der Waals surface area contributed by atoms with Crippen LogP contribution in [0.4, 0.5) is 0 Å². The second-order valence-corrected chi connectivity index (χ2v) is 9.55. The first-order valence-electron chi connectivity index (χ1n) is 7.06. The highest BCUT2D eigenvalue weighted by atomic mass is 127. The summed E-state index contributed by atoms with van der Waals surface area (Å²) in [5.74, 6) is -1.47. The van der Waals surface area contributed by atoms with Crippen LogP contribution in [0.3, 0.4) is 0 Å². The molecule has 0 aromatic rings. The van der Waals surface area contributed by atoms with Crippen LogP contribution < -0.4 is 5.11 Å². The van der Waals surface area contributed by atoms with E-state index >= 15 is 0 Å². The topological polar surface area (TPSA) is 40.1 Å². The summed E-state index contributed by atoms with van der Waals surface area (Å²) in [6.45, 7) is 2.22. The smallest absolute Gasteiger partial charge is 0.0643 e. The van der Waals surface area contributed by atoms with E-state index in [-0.39, 0.29) is 3.42 Å². The van der Waals surface area contributed by atoms with Crippen molar-refractivity contribution in [3.63, 3.8) is 0 Å². The summed E-state index contributed by atoms with van der Waals surface area (Å²) >= 11 is 6.80. The Bertz CT molecular complexity index is 404. The van der Waals surface area contributed by atoms with E-state index in [2.05, 4.69) is 80.8 Å². The van der Waals surface area contributed by atoms with Crippen molar-refractivity contribution in [3.05, 3.63) is 19.3 Å². The van der Waals surface area contributed by atoms with Gasteiger partial charge in [-0.3, -0.25) is 0 Å². The minimum absolute atomic E-state index is 0.323. The van der Waals surface area contributed by atoms with Crippen molar-refractivity contribution in [2.75, 3.05) is 0 Å². The Morgan fingerprint density at radius 3 is 2.45 bits per heavy atom. The Labute approximate surface area is 162 Å². The zero-order valence-corrected chi connectivity index (χ0v) is 18.1. The molecule has 0 saturated heterocycles. The zero-order chi connectivity index (χ0) is 15.2. The first-order valence-corrected chi connectivity index (χ1v) is 10.3. The summed E-state index contributed by atoms with van der Waals surface area (Å²) in [5, 5.41) is 11.4. The van der Waals surface area contributed by atoms with E-state index in [1.807, 2.05) is 6.08 Å². The van der Waals surface area contributed by atoms with Crippen molar-refractivity contribution in [2.24, 2.45) is 5.92 Å². The van der Waals surface area contributed by atoms with Gasteiger partial charge in [-0.15, -0.1) is 0 Å². The number of allylic oxidation sites excluding steroid dienone is 3. The van der Waals surface area contributed by atoms with Crippen molar-refractivity contribution in [1.82, 2.24) is 0 Å². The Balaban J connectivity index is 2.60. The lowest BCUT2D eigenvalue weighted by molar-refractivity contribution is -0.310. The van der Waals surface area contributed by atoms with E-state index < -0.39 is 11.9 Å². The number of carboxylic acids is 1. The average molecular weight is 613 g/mol. The molecule has 0 aromatic heterocycles. The highest BCUT2D eigenvalue weighted by Crippen LogP contribution is 2.48. The standard InChI is InChI=1S/C15H21I3O2/c1-2-3-4-5-6-7-8-15(18)12(14(19)20)9-11(16)10-13(15)17/h9-10,12H,2-8H2,1H3,(H,19,20)/p-1. The van der Waals surface area contributed by atoms with E-state index in [1.165, 1.54) is 32.1 Å². The minimum Gasteiger partial charge on any atom is -0.549 e. The van der Waals surface area contributed by atoms with E-state index in [0.29, 0.717) is 0 Å². The molecular weight excluding hydrogens is 593 g/mol. The summed E-state index contributed by atoms with van der Waals surface area (Å²) in [4.78, 5) is 11.4. The van der Waals surface area contributed by atoms with E-state index in [1.54, 1.807) is 0 Å². The van der Waals surface area contributed by atoms with Crippen LogP contribution in [0.1, 0.15) is 51.9 Å². The quantitative estimate of drug-likeness (QED) is 0.222. The van der Waals surface area contributed by atoms with E-state index in [0.717, 1.165) is 20.0 Å². The number of carbonyl (C=O) groups is 1. The molecule has 114 valence electrons. The molecule has 0 amide bonds. The number of rotatable bonds is 8. The van der Waals surface area contributed by atoms with Gasteiger partial charge in [0, 0.05) is 13.1 Å². The predicted molar refractivity (Wildman–Crippen MR) is 107 cm³/mol. The molecule has 0 N–H and O–H groups in total. The lowest BCUT2D eigenvalue weighted by atomic mass is 9.84. The third kappa shape index (κ3) is 5.40.